The average molecular weight is 220 g/mol. The van der Waals surface area contributed by atoms with E-state index >= 15 is 0 Å². The molecular formula is C4N10O2-2. The SMILES string of the molecule is [O-][O+]1[N-]C(=C2N=NN=N2)C(=C2N=NN=N2)[N-]1. The van der Waals surface area contributed by atoms with E-state index in [1.54, 1.807) is 0 Å². The number of hydrogen-bond donors (Lipinski definition) is 0. The van der Waals surface area contributed by atoms with E-state index in [1.165, 1.54) is 0 Å². The molecule has 3 aliphatic rings. The van der Waals surface area contributed by atoms with Gasteiger partial charge in [0.2, 0.25) is 0 Å². The van der Waals surface area contributed by atoms with Crippen molar-refractivity contribution < 1.29 is 9.98 Å². The van der Waals surface area contributed by atoms with Crippen LogP contribution in [0.3, 0.4) is 0 Å². The van der Waals surface area contributed by atoms with Crippen molar-refractivity contribution >= 4 is 0 Å². The van der Waals surface area contributed by atoms with E-state index in [9.17, 15) is 5.26 Å². The van der Waals surface area contributed by atoms with Gasteiger partial charge < -0.3 is 20.9 Å². The summed E-state index contributed by atoms with van der Waals surface area (Å²) >= 11 is 0. The first-order valence-corrected chi connectivity index (χ1v) is 3.82. The van der Waals surface area contributed by atoms with Crippen LogP contribution < -0.4 is 5.26 Å². The van der Waals surface area contributed by atoms with Crippen molar-refractivity contribution in [3.8, 4) is 0 Å². The predicted octanol–water partition coefficient (Wildman–Crippen LogP) is 1.41. The average Bonchev–Trinajstić information content (AvgIpc) is 2.98. The molecule has 0 unspecified atom stereocenters. The summed E-state index contributed by atoms with van der Waals surface area (Å²) in [6, 6.07) is 0. The molecule has 0 aromatic heterocycles. The first-order chi connectivity index (χ1) is 7.84. The molecule has 3 aliphatic heterocycles. The lowest BCUT2D eigenvalue weighted by Crippen LogP contribution is -2.12. The number of rotatable bonds is 0. The molecule has 12 heteroatoms. The van der Waals surface area contributed by atoms with Crippen LogP contribution in [0.5, 0.6) is 0 Å². The van der Waals surface area contributed by atoms with Crippen LogP contribution in [0.15, 0.2) is 64.4 Å². The quantitative estimate of drug-likeness (QED) is 0.439. The highest BCUT2D eigenvalue weighted by Gasteiger charge is 2.16. The highest BCUT2D eigenvalue weighted by molar-refractivity contribution is 5.51. The second-order valence-corrected chi connectivity index (χ2v) is 2.52. The molecule has 0 saturated carbocycles. The summed E-state index contributed by atoms with van der Waals surface area (Å²) in [5.41, 5.74) is 6.95. The minimum atomic E-state index is 0.0365. The lowest BCUT2D eigenvalue weighted by molar-refractivity contribution is -0.753. The zero-order valence-corrected chi connectivity index (χ0v) is 7.29. The van der Waals surface area contributed by atoms with Crippen molar-refractivity contribution in [2.24, 2.45) is 41.4 Å². The van der Waals surface area contributed by atoms with E-state index in [1.807, 2.05) is 0 Å². The summed E-state index contributed by atoms with van der Waals surface area (Å²) in [6.45, 7) is 0. The summed E-state index contributed by atoms with van der Waals surface area (Å²) < 4.78 is 0.884. The fourth-order valence-corrected chi connectivity index (χ4v) is 1.04. The van der Waals surface area contributed by atoms with Crippen molar-refractivity contribution in [1.82, 2.24) is 0 Å². The van der Waals surface area contributed by atoms with E-state index in [0.717, 1.165) is 4.72 Å². The van der Waals surface area contributed by atoms with Gasteiger partial charge in [-0.15, -0.1) is 20.5 Å². The van der Waals surface area contributed by atoms with E-state index < -0.39 is 0 Å². The van der Waals surface area contributed by atoms with Crippen LogP contribution in [-0.4, -0.2) is 0 Å². The van der Waals surface area contributed by atoms with Gasteiger partial charge in [0.05, 0.1) is 0 Å². The fourth-order valence-electron chi connectivity index (χ4n) is 1.04. The van der Waals surface area contributed by atoms with Gasteiger partial charge in [-0.25, -0.2) is 0 Å². The highest BCUT2D eigenvalue weighted by Crippen LogP contribution is 2.42. The molecule has 12 nitrogen and oxygen atoms in total. The van der Waals surface area contributed by atoms with Crippen molar-refractivity contribution in [1.29, 1.82) is 0 Å². The predicted molar refractivity (Wildman–Crippen MR) is 41.3 cm³/mol. The lowest BCUT2D eigenvalue weighted by Gasteiger charge is -2.31. The molecule has 3 rings (SSSR count). The first-order valence-electron chi connectivity index (χ1n) is 3.82. The molecule has 0 spiro atoms. The summed E-state index contributed by atoms with van der Waals surface area (Å²) in [7, 11) is 0. The molecule has 0 N–H and O–H groups in total. The molecule has 0 atom stereocenters. The van der Waals surface area contributed by atoms with Gasteiger partial charge in [0.15, 0.2) is 11.6 Å². The van der Waals surface area contributed by atoms with E-state index in [4.69, 9.17) is 0 Å². The van der Waals surface area contributed by atoms with Crippen LogP contribution in [0.2, 0.25) is 0 Å². The Morgan fingerprint density at radius 1 is 0.750 bits per heavy atom. The lowest BCUT2D eigenvalue weighted by atomic mass is 10.3. The zero-order chi connectivity index (χ0) is 11.0. The van der Waals surface area contributed by atoms with Crippen LogP contribution in [-0.2, 0) is 4.72 Å². The Kier molecular flexibility index (Phi) is 1.74. The molecule has 0 aromatic rings. The molecule has 1 fully saturated rings. The second kappa shape index (κ2) is 3.21. The standard InChI is InChI=1S/C4N10O2/c15-16-9-1(3-5-11-12-6-3)2(10-16)4-7-13-14-8-4/q-2. The molecule has 0 bridgehead atoms. The van der Waals surface area contributed by atoms with Crippen LogP contribution in [0.25, 0.3) is 11.0 Å². The number of hydroxylamine groups is 2. The normalized spacial score (nSPS) is 22.6. The Morgan fingerprint density at radius 2 is 1.12 bits per heavy atom. The minimum absolute atomic E-state index is 0.0365. The molecule has 16 heavy (non-hydrogen) atoms. The summed E-state index contributed by atoms with van der Waals surface area (Å²) in [5.74, 6) is 0.0730. The Bertz CT molecular complexity index is 437. The highest BCUT2D eigenvalue weighted by atomic mass is 17.4. The molecule has 1 saturated heterocycles. The molecule has 80 valence electrons. The maximum absolute atomic E-state index is 10.9. The van der Waals surface area contributed by atoms with Crippen molar-refractivity contribution in [3.05, 3.63) is 34.0 Å². The van der Waals surface area contributed by atoms with Crippen LogP contribution in [0, 0.1) is 0 Å². The molecule has 0 radical (unpaired) electrons. The van der Waals surface area contributed by atoms with Gasteiger partial charge in [0.1, 0.15) is 0 Å². The summed E-state index contributed by atoms with van der Waals surface area (Å²) in [5, 5.41) is 38.1. The monoisotopic (exact) mass is 220 g/mol. The van der Waals surface area contributed by atoms with Gasteiger partial charge in [0.25, 0.3) is 0 Å². The van der Waals surface area contributed by atoms with Crippen molar-refractivity contribution in [2.45, 2.75) is 0 Å². The third kappa shape index (κ3) is 1.25. The van der Waals surface area contributed by atoms with E-state index in [0.29, 0.717) is 0 Å². The third-order valence-corrected chi connectivity index (χ3v) is 1.62. The molecular weight excluding hydrogens is 220 g/mol. The number of hydrogen-bond acceptors (Lipinski definition) is 9. The summed E-state index contributed by atoms with van der Waals surface area (Å²) in [4.78, 5) is 0. The van der Waals surface area contributed by atoms with Gasteiger partial charge >= 0.3 is 0 Å². The Labute approximate surface area is 86.3 Å². The molecule has 3 heterocycles. The number of nitrogens with zero attached hydrogens (tertiary/aromatic N) is 10. The van der Waals surface area contributed by atoms with Gasteiger partial charge in [-0.1, -0.05) is 0 Å². The largest absolute Gasteiger partial charge is 0.536 e. The molecule has 0 aliphatic carbocycles. The molecule has 0 amide bonds. The molecule has 0 aromatic carbocycles. The van der Waals surface area contributed by atoms with Crippen LogP contribution >= 0.6 is 0 Å². The Hall–Kier alpha value is -2.60. The zero-order valence-electron chi connectivity index (χ0n) is 7.29. The van der Waals surface area contributed by atoms with Gasteiger partial charge in [-0.3, -0.25) is 0 Å². The Balaban J connectivity index is 2.11. The van der Waals surface area contributed by atoms with Crippen LogP contribution in [0.4, 0.5) is 0 Å². The fraction of sp³-hybridized carbons (Fsp3) is 0. The third-order valence-electron chi connectivity index (χ3n) is 1.62. The van der Waals surface area contributed by atoms with E-state index in [2.05, 4.69) is 52.3 Å². The van der Waals surface area contributed by atoms with Gasteiger partial charge in [-0.05, 0) is 32.3 Å². The van der Waals surface area contributed by atoms with Crippen LogP contribution in [0.1, 0.15) is 0 Å². The summed E-state index contributed by atoms with van der Waals surface area (Å²) in [6.07, 6.45) is 0. The maximum atomic E-state index is 10.9. The van der Waals surface area contributed by atoms with Gasteiger partial charge in [-0.2, -0.15) is 0 Å². The second-order valence-electron chi connectivity index (χ2n) is 2.52. The minimum Gasteiger partial charge on any atom is -0.536 e. The Morgan fingerprint density at radius 3 is 1.50 bits per heavy atom. The smallest absolute Gasteiger partial charge is 0.189 e. The topological polar surface area (TPSA) is 153 Å². The first kappa shape index (κ1) is 8.69. The van der Waals surface area contributed by atoms with E-state index in [-0.39, 0.29) is 23.0 Å². The van der Waals surface area contributed by atoms with Gasteiger partial charge in [0, 0.05) is 0 Å². The van der Waals surface area contributed by atoms with Crippen molar-refractivity contribution in [2.75, 3.05) is 0 Å². The maximum Gasteiger partial charge on any atom is 0.189 e. The van der Waals surface area contributed by atoms with Crippen molar-refractivity contribution in [3.63, 3.8) is 0 Å².